The van der Waals surface area contributed by atoms with Crippen molar-refractivity contribution in [2.24, 2.45) is 0 Å². The summed E-state index contributed by atoms with van der Waals surface area (Å²) in [6, 6.07) is 15.5. The van der Waals surface area contributed by atoms with Crippen molar-refractivity contribution in [2.75, 3.05) is 7.11 Å². The van der Waals surface area contributed by atoms with Crippen molar-refractivity contribution in [3.8, 4) is 0 Å². The predicted octanol–water partition coefficient (Wildman–Crippen LogP) is 4.07. The summed E-state index contributed by atoms with van der Waals surface area (Å²) in [7, 11) is 1.36. The molecule has 0 spiro atoms. The number of fused-ring (bicyclic) bond motifs is 2. The number of esters is 1. The van der Waals surface area contributed by atoms with Gasteiger partial charge in [0.25, 0.3) is 0 Å². The normalized spacial score (nSPS) is 11.1. The first-order valence-corrected chi connectivity index (χ1v) is 8.11. The van der Waals surface area contributed by atoms with E-state index in [0.717, 1.165) is 27.4 Å². The maximum Gasteiger partial charge on any atom is 0.359 e. The Labute approximate surface area is 148 Å². The van der Waals surface area contributed by atoms with Crippen LogP contribution in [0.25, 0.3) is 21.8 Å². The standard InChI is InChI=1S/C19H14ClN3O2/c1-25-19(24)18-15-4-2-3-5-17(15)23(22-18)11-12-6-7-16-13(8-12)9-14(20)10-21-16/h2-10H,11H2,1H3. The van der Waals surface area contributed by atoms with Crippen LogP contribution in [0.1, 0.15) is 16.1 Å². The van der Waals surface area contributed by atoms with Gasteiger partial charge in [-0.1, -0.05) is 35.9 Å². The number of para-hydroxylation sites is 1. The summed E-state index contributed by atoms with van der Waals surface area (Å²) < 4.78 is 6.65. The second-order valence-electron chi connectivity index (χ2n) is 5.70. The molecule has 4 aromatic rings. The molecule has 0 fully saturated rings. The molecule has 0 N–H and O–H groups in total. The average molecular weight is 352 g/mol. The number of ether oxygens (including phenoxy) is 1. The third kappa shape index (κ3) is 2.83. The Morgan fingerprint density at radius 1 is 1.20 bits per heavy atom. The zero-order chi connectivity index (χ0) is 17.4. The lowest BCUT2D eigenvalue weighted by molar-refractivity contribution is 0.0595. The van der Waals surface area contributed by atoms with E-state index in [9.17, 15) is 4.79 Å². The highest BCUT2D eigenvalue weighted by Gasteiger charge is 2.17. The summed E-state index contributed by atoms with van der Waals surface area (Å²) in [6.07, 6.45) is 1.63. The number of hydrogen-bond acceptors (Lipinski definition) is 4. The number of hydrogen-bond donors (Lipinski definition) is 0. The predicted molar refractivity (Wildman–Crippen MR) is 96.9 cm³/mol. The number of methoxy groups -OCH3 is 1. The molecule has 0 amide bonds. The third-order valence-corrected chi connectivity index (χ3v) is 4.29. The number of halogens is 1. The van der Waals surface area contributed by atoms with E-state index in [2.05, 4.69) is 10.1 Å². The number of benzene rings is 2. The SMILES string of the molecule is COC(=O)c1nn(Cc2ccc3ncc(Cl)cc3c2)c2ccccc12. The van der Waals surface area contributed by atoms with Gasteiger partial charge < -0.3 is 4.74 Å². The molecular weight excluding hydrogens is 338 g/mol. The molecule has 124 valence electrons. The van der Waals surface area contributed by atoms with Crippen molar-refractivity contribution < 1.29 is 9.53 Å². The van der Waals surface area contributed by atoms with E-state index < -0.39 is 5.97 Å². The zero-order valence-electron chi connectivity index (χ0n) is 13.4. The molecule has 2 aromatic heterocycles. The molecule has 0 aliphatic rings. The molecule has 4 rings (SSSR count). The molecule has 0 aliphatic heterocycles. The van der Waals surface area contributed by atoms with Gasteiger partial charge in [-0.2, -0.15) is 5.10 Å². The minimum absolute atomic E-state index is 0.323. The summed E-state index contributed by atoms with van der Waals surface area (Å²) in [5, 5.41) is 6.80. The largest absolute Gasteiger partial charge is 0.464 e. The van der Waals surface area contributed by atoms with Gasteiger partial charge in [0.05, 0.1) is 29.7 Å². The van der Waals surface area contributed by atoms with Gasteiger partial charge in [0, 0.05) is 17.0 Å². The van der Waals surface area contributed by atoms with E-state index in [1.54, 1.807) is 10.9 Å². The molecule has 0 bridgehead atoms. The number of carbonyl (C=O) groups is 1. The van der Waals surface area contributed by atoms with Gasteiger partial charge in [-0.05, 0) is 29.8 Å². The van der Waals surface area contributed by atoms with Gasteiger partial charge in [0.15, 0.2) is 5.69 Å². The molecule has 0 aliphatic carbocycles. The Kier molecular flexibility index (Phi) is 3.86. The van der Waals surface area contributed by atoms with Crippen LogP contribution in [0.2, 0.25) is 5.02 Å². The topological polar surface area (TPSA) is 57.0 Å². The van der Waals surface area contributed by atoms with E-state index in [-0.39, 0.29) is 0 Å². The van der Waals surface area contributed by atoms with Crippen LogP contribution in [-0.2, 0) is 11.3 Å². The first-order valence-electron chi connectivity index (χ1n) is 7.74. The second kappa shape index (κ2) is 6.18. The molecule has 2 aromatic carbocycles. The van der Waals surface area contributed by atoms with E-state index >= 15 is 0 Å². The number of carbonyl (C=O) groups excluding carboxylic acids is 1. The maximum atomic E-state index is 12.0. The molecule has 0 atom stereocenters. The van der Waals surface area contributed by atoms with Crippen molar-refractivity contribution >= 4 is 39.4 Å². The number of pyridine rings is 1. The Morgan fingerprint density at radius 3 is 2.88 bits per heavy atom. The lowest BCUT2D eigenvalue weighted by Gasteiger charge is -2.06. The molecular formula is C19H14ClN3O2. The third-order valence-electron chi connectivity index (χ3n) is 4.08. The number of aromatic nitrogens is 3. The molecule has 5 nitrogen and oxygen atoms in total. The van der Waals surface area contributed by atoms with E-state index in [4.69, 9.17) is 16.3 Å². The minimum atomic E-state index is -0.440. The highest BCUT2D eigenvalue weighted by molar-refractivity contribution is 6.31. The van der Waals surface area contributed by atoms with Gasteiger partial charge in [-0.3, -0.25) is 9.67 Å². The van der Waals surface area contributed by atoms with Crippen LogP contribution in [0.4, 0.5) is 0 Å². The van der Waals surface area contributed by atoms with Crippen molar-refractivity contribution in [3.63, 3.8) is 0 Å². The van der Waals surface area contributed by atoms with Crippen molar-refractivity contribution in [2.45, 2.75) is 6.54 Å². The fourth-order valence-corrected chi connectivity index (χ4v) is 3.09. The zero-order valence-corrected chi connectivity index (χ0v) is 14.2. The second-order valence-corrected chi connectivity index (χ2v) is 6.13. The van der Waals surface area contributed by atoms with Crippen LogP contribution in [0.15, 0.2) is 54.7 Å². The maximum absolute atomic E-state index is 12.0. The van der Waals surface area contributed by atoms with Crippen molar-refractivity contribution in [1.82, 2.24) is 14.8 Å². The van der Waals surface area contributed by atoms with Crippen LogP contribution in [0.5, 0.6) is 0 Å². The molecule has 0 saturated carbocycles. The Bertz CT molecular complexity index is 1100. The van der Waals surface area contributed by atoms with Gasteiger partial charge in [0.1, 0.15) is 0 Å². The van der Waals surface area contributed by atoms with Gasteiger partial charge in [0.2, 0.25) is 0 Å². The highest BCUT2D eigenvalue weighted by Crippen LogP contribution is 2.22. The van der Waals surface area contributed by atoms with Gasteiger partial charge in [-0.25, -0.2) is 4.79 Å². The van der Waals surface area contributed by atoms with Gasteiger partial charge >= 0.3 is 5.97 Å². The summed E-state index contributed by atoms with van der Waals surface area (Å²) in [5.41, 5.74) is 3.13. The van der Waals surface area contributed by atoms with Crippen LogP contribution in [0, 0.1) is 0 Å². The smallest absolute Gasteiger partial charge is 0.359 e. The molecule has 0 unspecified atom stereocenters. The van der Waals surface area contributed by atoms with E-state index in [1.165, 1.54) is 7.11 Å². The summed E-state index contributed by atoms with van der Waals surface area (Å²) in [4.78, 5) is 16.3. The lowest BCUT2D eigenvalue weighted by atomic mass is 10.1. The summed E-state index contributed by atoms with van der Waals surface area (Å²) in [6.45, 7) is 0.528. The molecule has 0 saturated heterocycles. The van der Waals surface area contributed by atoms with Crippen molar-refractivity contribution in [3.05, 3.63) is 71.0 Å². The first kappa shape index (κ1) is 15.6. The van der Waals surface area contributed by atoms with Crippen LogP contribution in [-0.4, -0.2) is 27.8 Å². The number of nitrogens with zero attached hydrogens (tertiary/aromatic N) is 3. The van der Waals surface area contributed by atoms with Gasteiger partial charge in [-0.15, -0.1) is 0 Å². The molecule has 25 heavy (non-hydrogen) atoms. The molecule has 2 heterocycles. The quantitative estimate of drug-likeness (QED) is 0.522. The molecule has 6 heteroatoms. The monoisotopic (exact) mass is 351 g/mol. The van der Waals surface area contributed by atoms with Crippen molar-refractivity contribution in [1.29, 1.82) is 0 Å². The Hall–Kier alpha value is -2.92. The average Bonchev–Trinajstić information content (AvgIpc) is 2.99. The van der Waals surface area contributed by atoms with E-state index in [1.807, 2.05) is 48.5 Å². The number of rotatable bonds is 3. The minimum Gasteiger partial charge on any atom is -0.464 e. The van der Waals surface area contributed by atoms with E-state index in [0.29, 0.717) is 17.3 Å². The fourth-order valence-electron chi connectivity index (χ4n) is 2.92. The Balaban J connectivity index is 1.79. The summed E-state index contributed by atoms with van der Waals surface area (Å²) in [5.74, 6) is -0.440. The fraction of sp³-hybridized carbons (Fsp3) is 0.105. The lowest BCUT2D eigenvalue weighted by Crippen LogP contribution is -2.06. The van der Waals surface area contributed by atoms with Crippen LogP contribution < -0.4 is 0 Å². The van der Waals surface area contributed by atoms with Crippen LogP contribution >= 0.6 is 11.6 Å². The Morgan fingerprint density at radius 2 is 2.04 bits per heavy atom. The first-order chi connectivity index (χ1) is 12.2. The van der Waals surface area contributed by atoms with Crippen LogP contribution in [0.3, 0.4) is 0 Å². The highest BCUT2D eigenvalue weighted by atomic mass is 35.5. The summed E-state index contributed by atoms with van der Waals surface area (Å²) >= 11 is 6.03. The molecule has 0 radical (unpaired) electrons.